The van der Waals surface area contributed by atoms with E-state index in [1.54, 1.807) is 0 Å². The Morgan fingerprint density at radius 1 is 0.400 bits per heavy atom. The highest BCUT2D eigenvalue weighted by Crippen LogP contribution is 2.58. The number of hydrogen-bond donors (Lipinski definition) is 0. The number of anilines is 3. The van der Waals surface area contributed by atoms with Crippen molar-refractivity contribution in [2.24, 2.45) is 0 Å². The fraction of sp³-hybridized carbons (Fsp3) is 0.0690. The first kappa shape index (κ1) is 34.6. The highest BCUT2D eigenvalue weighted by Gasteiger charge is 2.46. The van der Waals surface area contributed by atoms with Gasteiger partial charge in [-0.15, -0.1) is 0 Å². The molecule has 10 aromatic rings. The van der Waals surface area contributed by atoms with Gasteiger partial charge in [0.2, 0.25) is 0 Å². The van der Waals surface area contributed by atoms with Gasteiger partial charge >= 0.3 is 0 Å². The zero-order chi connectivity index (χ0) is 40.0. The largest absolute Gasteiger partial charge is 0.454 e. The van der Waals surface area contributed by atoms with E-state index in [-0.39, 0.29) is 5.41 Å². The van der Waals surface area contributed by atoms with Crippen molar-refractivity contribution in [2.75, 3.05) is 4.90 Å². The van der Waals surface area contributed by atoms with Gasteiger partial charge in [0.1, 0.15) is 5.58 Å². The summed E-state index contributed by atoms with van der Waals surface area (Å²) in [4.78, 5) is 2.44. The second-order valence-corrected chi connectivity index (χ2v) is 16.8. The molecule has 0 unspecified atom stereocenters. The molecule has 0 radical (unpaired) electrons. The Hall–Kier alpha value is -7.42. The van der Waals surface area contributed by atoms with E-state index in [4.69, 9.17) is 4.42 Å². The van der Waals surface area contributed by atoms with Crippen LogP contribution in [-0.2, 0) is 10.8 Å². The summed E-state index contributed by atoms with van der Waals surface area (Å²) in [6.45, 7) is 4.73. The van der Waals surface area contributed by atoms with Crippen LogP contribution in [0.25, 0.3) is 55.3 Å². The highest BCUT2D eigenvalue weighted by atomic mass is 16.3. The molecule has 0 spiro atoms. The minimum absolute atomic E-state index is 0.165. The average Bonchev–Trinajstić information content (AvgIpc) is 3.91. The maximum atomic E-state index is 6.85. The third-order valence-corrected chi connectivity index (χ3v) is 13.4. The van der Waals surface area contributed by atoms with Crippen LogP contribution in [0.1, 0.15) is 47.2 Å². The zero-order valence-electron chi connectivity index (χ0n) is 33.6. The van der Waals surface area contributed by atoms with Crippen molar-refractivity contribution in [2.45, 2.75) is 24.7 Å². The van der Waals surface area contributed by atoms with Gasteiger partial charge in [-0.2, -0.15) is 0 Å². The van der Waals surface area contributed by atoms with Gasteiger partial charge < -0.3 is 9.32 Å². The predicted octanol–water partition coefficient (Wildman–Crippen LogP) is 15.4. The molecule has 2 aliphatic carbocycles. The first-order valence-electron chi connectivity index (χ1n) is 20.9. The summed E-state index contributed by atoms with van der Waals surface area (Å²) in [5.74, 6) is 0. The lowest BCUT2D eigenvalue weighted by molar-refractivity contribution is 0.660. The van der Waals surface area contributed by atoms with E-state index in [9.17, 15) is 0 Å². The average molecular weight is 768 g/mol. The van der Waals surface area contributed by atoms with Gasteiger partial charge in [-0.05, 0) is 103 Å². The third kappa shape index (κ3) is 4.82. The van der Waals surface area contributed by atoms with Crippen LogP contribution in [0.3, 0.4) is 0 Å². The van der Waals surface area contributed by atoms with Crippen LogP contribution in [0, 0.1) is 0 Å². The van der Waals surface area contributed by atoms with Crippen LogP contribution in [0.5, 0.6) is 0 Å². The summed E-state index contributed by atoms with van der Waals surface area (Å²) < 4.78 is 6.85. The monoisotopic (exact) mass is 767 g/mol. The van der Waals surface area contributed by atoms with Gasteiger partial charge in [0.05, 0.1) is 11.1 Å². The molecule has 1 aromatic heterocycles. The lowest BCUT2D eigenvalue weighted by Gasteiger charge is -2.35. The summed E-state index contributed by atoms with van der Waals surface area (Å²) >= 11 is 0. The summed E-state index contributed by atoms with van der Waals surface area (Å²) in [5.41, 5.74) is 19.5. The van der Waals surface area contributed by atoms with E-state index >= 15 is 0 Å². The van der Waals surface area contributed by atoms with E-state index in [1.807, 2.05) is 0 Å². The number of rotatable bonds is 6. The topological polar surface area (TPSA) is 16.4 Å². The van der Waals surface area contributed by atoms with Crippen LogP contribution < -0.4 is 4.90 Å². The second kappa shape index (κ2) is 13.0. The number of para-hydroxylation sites is 2. The van der Waals surface area contributed by atoms with Gasteiger partial charge in [-0.3, -0.25) is 0 Å². The fourth-order valence-corrected chi connectivity index (χ4v) is 10.7. The molecule has 0 bridgehead atoms. The molecule has 0 saturated heterocycles. The van der Waals surface area contributed by atoms with E-state index in [2.05, 4.69) is 231 Å². The zero-order valence-corrected chi connectivity index (χ0v) is 33.6. The normalized spacial score (nSPS) is 14.1. The van der Waals surface area contributed by atoms with Crippen molar-refractivity contribution in [1.29, 1.82) is 0 Å². The molecule has 9 aromatic carbocycles. The van der Waals surface area contributed by atoms with Gasteiger partial charge in [0.15, 0.2) is 5.58 Å². The Labute approximate surface area is 350 Å². The first-order valence-corrected chi connectivity index (χ1v) is 20.9. The van der Waals surface area contributed by atoms with Gasteiger partial charge in [0, 0.05) is 27.6 Å². The number of fused-ring (bicyclic) bond motifs is 9. The molecule has 0 aliphatic heterocycles. The Morgan fingerprint density at radius 2 is 0.983 bits per heavy atom. The Balaban J connectivity index is 1.15. The number of benzene rings is 9. The molecule has 0 atom stereocenters. The lowest BCUT2D eigenvalue weighted by atomic mass is 9.67. The van der Waals surface area contributed by atoms with Crippen molar-refractivity contribution in [1.82, 2.24) is 0 Å². The van der Waals surface area contributed by atoms with Crippen LogP contribution >= 0.6 is 0 Å². The first-order chi connectivity index (χ1) is 29.5. The lowest BCUT2D eigenvalue weighted by Crippen LogP contribution is -2.28. The highest BCUT2D eigenvalue weighted by molar-refractivity contribution is 6.10. The van der Waals surface area contributed by atoms with Crippen molar-refractivity contribution >= 4 is 39.0 Å². The van der Waals surface area contributed by atoms with Crippen LogP contribution in [-0.4, -0.2) is 0 Å². The molecular weight excluding hydrogens is 727 g/mol. The molecule has 2 nitrogen and oxygen atoms in total. The second-order valence-electron chi connectivity index (χ2n) is 16.8. The molecule has 2 heteroatoms. The SMILES string of the molecule is CC1(C)c2ccc(N(c3ccc4c(c3)C(c3ccccc3)(c3ccccc3)c3ccccc3-4)c3cccc4c3oc3ccccc34)cc2-c2c(-c3ccccc3)cccc21. The molecule has 12 rings (SSSR count). The molecule has 0 saturated carbocycles. The van der Waals surface area contributed by atoms with Crippen LogP contribution in [0.4, 0.5) is 17.1 Å². The van der Waals surface area contributed by atoms with Crippen LogP contribution in [0.15, 0.2) is 217 Å². The molecule has 0 amide bonds. The van der Waals surface area contributed by atoms with Gasteiger partial charge in [0.25, 0.3) is 0 Å². The van der Waals surface area contributed by atoms with E-state index in [1.165, 1.54) is 66.8 Å². The number of hydrogen-bond acceptors (Lipinski definition) is 2. The van der Waals surface area contributed by atoms with E-state index in [0.29, 0.717) is 0 Å². The number of furan rings is 1. The Morgan fingerprint density at radius 3 is 1.77 bits per heavy atom. The maximum Gasteiger partial charge on any atom is 0.159 e. The van der Waals surface area contributed by atoms with Gasteiger partial charge in [-0.1, -0.05) is 190 Å². The minimum Gasteiger partial charge on any atom is -0.454 e. The quantitative estimate of drug-likeness (QED) is 0.168. The van der Waals surface area contributed by atoms with E-state index < -0.39 is 5.41 Å². The third-order valence-electron chi connectivity index (χ3n) is 13.4. The minimum atomic E-state index is -0.535. The van der Waals surface area contributed by atoms with Crippen molar-refractivity contribution in [3.63, 3.8) is 0 Å². The standard InChI is InChI=1S/C58H41NO/c1-57(2)49-35-33-41(36-48(49)55-43(26-16-29-51(55)57)38-18-6-3-7-19-38)59(53-30-17-27-47-46-25-13-15-31-54(46)60-56(47)53)42-32-34-45-44-24-12-14-28-50(44)58(52(45)37-42,39-20-8-4-9-21-39)40-22-10-5-11-23-40/h3-37H,1-2H3. The Bertz CT molecular complexity index is 3250. The predicted molar refractivity (Wildman–Crippen MR) is 249 cm³/mol. The summed E-state index contributed by atoms with van der Waals surface area (Å²) in [6.07, 6.45) is 0. The van der Waals surface area contributed by atoms with Crippen molar-refractivity contribution < 1.29 is 4.42 Å². The van der Waals surface area contributed by atoms with E-state index in [0.717, 1.165) is 39.0 Å². The van der Waals surface area contributed by atoms with Crippen molar-refractivity contribution in [3.8, 4) is 33.4 Å². The van der Waals surface area contributed by atoms with Crippen molar-refractivity contribution in [3.05, 3.63) is 246 Å². The smallest absolute Gasteiger partial charge is 0.159 e. The fourth-order valence-electron chi connectivity index (χ4n) is 10.7. The molecule has 1 heterocycles. The molecule has 2 aliphatic rings. The maximum absolute atomic E-state index is 6.85. The molecule has 0 fully saturated rings. The molecule has 60 heavy (non-hydrogen) atoms. The summed E-state index contributed by atoms with van der Waals surface area (Å²) in [6, 6.07) is 77.9. The Kier molecular flexibility index (Phi) is 7.52. The summed E-state index contributed by atoms with van der Waals surface area (Å²) in [5, 5.41) is 2.21. The van der Waals surface area contributed by atoms with Gasteiger partial charge in [-0.25, -0.2) is 0 Å². The number of nitrogens with zero attached hydrogens (tertiary/aromatic N) is 1. The summed E-state index contributed by atoms with van der Waals surface area (Å²) in [7, 11) is 0. The molecule has 0 N–H and O–H groups in total. The van der Waals surface area contributed by atoms with Crippen LogP contribution in [0.2, 0.25) is 0 Å². The molecule has 284 valence electrons. The molecular formula is C58H41NO.